The van der Waals surface area contributed by atoms with Crippen molar-refractivity contribution in [3.05, 3.63) is 53.1 Å². The summed E-state index contributed by atoms with van der Waals surface area (Å²) in [5.74, 6) is -0.390. The van der Waals surface area contributed by atoms with Gasteiger partial charge in [-0.2, -0.15) is 8.75 Å². The van der Waals surface area contributed by atoms with Crippen LogP contribution in [0.25, 0.3) is 16.6 Å². The molecule has 7 rings (SSSR count). The van der Waals surface area contributed by atoms with Crippen LogP contribution in [-0.2, 0) is 20.1 Å². The molecule has 4 aliphatic rings. The molecular formula is C30H32N2O6S. The van der Waals surface area contributed by atoms with E-state index in [1.54, 1.807) is 18.2 Å². The van der Waals surface area contributed by atoms with E-state index in [1.807, 2.05) is 18.2 Å². The van der Waals surface area contributed by atoms with Gasteiger partial charge in [-0.25, -0.2) is 4.79 Å². The number of fused-ring (bicyclic) bond motifs is 2. The van der Waals surface area contributed by atoms with Gasteiger partial charge in [0.1, 0.15) is 30.5 Å². The molecule has 1 aromatic heterocycles. The van der Waals surface area contributed by atoms with Crippen LogP contribution in [0.1, 0.15) is 68.9 Å². The number of aliphatic hydroxyl groups is 1. The Labute approximate surface area is 231 Å². The fourth-order valence-electron chi connectivity index (χ4n) is 6.09. The molecule has 1 atom stereocenters. The lowest BCUT2D eigenvalue weighted by Crippen LogP contribution is -2.30. The molecule has 0 saturated heterocycles. The number of benzene rings is 2. The summed E-state index contributed by atoms with van der Waals surface area (Å²) >= 11 is 1.13. The summed E-state index contributed by atoms with van der Waals surface area (Å²) in [6.45, 7) is 0.920. The van der Waals surface area contributed by atoms with Gasteiger partial charge < -0.3 is 24.1 Å². The zero-order chi connectivity index (χ0) is 26.8. The number of nitrogens with zero attached hydrogens (tertiary/aromatic N) is 2. The zero-order valence-corrected chi connectivity index (χ0v) is 22.6. The number of cyclic esters (lactones) is 1. The molecule has 2 fully saturated rings. The molecule has 0 amide bonds. The van der Waals surface area contributed by atoms with E-state index in [0.717, 1.165) is 54.7 Å². The highest BCUT2D eigenvalue weighted by atomic mass is 32.1. The molecule has 0 spiro atoms. The van der Waals surface area contributed by atoms with Gasteiger partial charge in [0, 0.05) is 17.1 Å². The lowest BCUT2D eigenvalue weighted by atomic mass is 9.85. The molecule has 2 aliphatic carbocycles. The molecule has 2 aromatic carbocycles. The normalized spacial score (nSPS) is 23.2. The van der Waals surface area contributed by atoms with Gasteiger partial charge >= 0.3 is 5.97 Å². The predicted octanol–water partition coefficient (Wildman–Crippen LogP) is 5.57. The molecule has 2 aliphatic heterocycles. The van der Waals surface area contributed by atoms with Crippen LogP contribution < -0.4 is 9.47 Å². The molecule has 39 heavy (non-hydrogen) atoms. The summed E-state index contributed by atoms with van der Waals surface area (Å²) < 4.78 is 25.6. The second-order valence-corrected chi connectivity index (χ2v) is 11.3. The first-order chi connectivity index (χ1) is 19.0. The van der Waals surface area contributed by atoms with Gasteiger partial charge in [0.2, 0.25) is 0 Å². The predicted molar refractivity (Wildman–Crippen MR) is 146 cm³/mol. The molecule has 204 valence electrons. The number of hydrogen-bond donors (Lipinski definition) is 1. The quantitative estimate of drug-likeness (QED) is 0.326. The Morgan fingerprint density at radius 1 is 0.923 bits per heavy atom. The topological polar surface area (TPSA) is 108 Å². The number of esters is 1. The number of carbonyl (C=O) groups excluding carboxylic acids is 2. The van der Waals surface area contributed by atoms with E-state index in [-0.39, 0.29) is 0 Å². The van der Waals surface area contributed by atoms with E-state index in [2.05, 4.69) is 8.75 Å². The van der Waals surface area contributed by atoms with Crippen molar-refractivity contribution >= 4 is 40.6 Å². The minimum Gasteiger partial charge on any atom is -0.486 e. The second-order valence-electron chi connectivity index (χ2n) is 10.7. The minimum absolute atomic E-state index is 0.405. The van der Waals surface area contributed by atoms with E-state index in [0.29, 0.717) is 65.2 Å². The van der Waals surface area contributed by atoms with Gasteiger partial charge in [0.25, 0.3) is 5.79 Å². The first-order valence-corrected chi connectivity index (χ1v) is 14.6. The molecule has 9 heteroatoms. The smallest absolute Gasteiger partial charge is 0.341 e. The van der Waals surface area contributed by atoms with E-state index in [4.69, 9.17) is 14.2 Å². The molecule has 3 heterocycles. The molecule has 3 aromatic rings. The van der Waals surface area contributed by atoms with Crippen molar-refractivity contribution in [2.24, 2.45) is 11.8 Å². The van der Waals surface area contributed by atoms with E-state index in [1.165, 1.54) is 25.7 Å². The van der Waals surface area contributed by atoms with Crippen LogP contribution in [0.5, 0.6) is 11.5 Å². The van der Waals surface area contributed by atoms with Gasteiger partial charge in [-0.05, 0) is 61.1 Å². The zero-order valence-electron chi connectivity index (χ0n) is 21.8. The summed E-state index contributed by atoms with van der Waals surface area (Å²) in [5, 5.41) is 11.8. The fraction of sp³-hybridized carbons (Fsp3) is 0.467. The SMILES string of the molecule is O=C1OC(O)(c2ccc3c(c2)OCCO3)C(CC2CCCC2)=C1c1ccc2nsnc2c1.O=CC1CCCC1. The van der Waals surface area contributed by atoms with Crippen molar-refractivity contribution in [2.75, 3.05) is 13.2 Å². The average Bonchev–Trinajstić information content (AvgIpc) is 3.77. The van der Waals surface area contributed by atoms with Gasteiger partial charge in [0.15, 0.2) is 11.5 Å². The van der Waals surface area contributed by atoms with E-state index >= 15 is 0 Å². The highest BCUT2D eigenvalue weighted by Crippen LogP contribution is 2.49. The first kappa shape index (κ1) is 26.0. The van der Waals surface area contributed by atoms with Crippen LogP contribution in [0.2, 0.25) is 0 Å². The van der Waals surface area contributed by atoms with Crippen molar-refractivity contribution < 1.29 is 28.9 Å². The van der Waals surface area contributed by atoms with Crippen molar-refractivity contribution in [2.45, 2.75) is 63.6 Å². The molecule has 0 bridgehead atoms. The highest BCUT2D eigenvalue weighted by Gasteiger charge is 2.49. The van der Waals surface area contributed by atoms with E-state index in [9.17, 15) is 14.7 Å². The third-order valence-electron chi connectivity index (χ3n) is 8.19. The lowest BCUT2D eigenvalue weighted by molar-refractivity contribution is -0.185. The van der Waals surface area contributed by atoms with Crippen LogP contribution >= 0.6 is 11.7 Å². The summed E-state index contributed by atoms with van der Waals surface area (Å²) in [6, 6.07) is 10.8. The number of hydrogen-bond acceptors (Lipinski definition) is 9. The number of aromatic nitrogens is 2. The number of carbonyl (C=O) groups is 2. The van der Waals surface area contributed by atoms with Crippen LogP contribution in [-0.4, -0.2) is 39.3 Å². The Morgan fingerprint density at radius 3 is 2.38 bits per heavy atom. The maximum atomic E-state index is 13.2. The van der Waals surface area contributed by atoms with Crippen LogP contribution in [0, 0.1) is 11.8 Å². The Balaban J connectivity index is 0.000000346. The largest absolute Gasteiger partial charge is 0.486 e. The minimum atomic E-state index is -1.85. The first-order valence-electron chi connectivity index (χ1n) is 13.8. The van der Waals surface area contributed by atoms with Crippen molar-refractivity contribution in [1.82, 2.24) is 8.75 Å². The monoisotopic (exact) mass is 548 g/mol. The van der Waals surface area contributed by atoms with Crippen LogP contribution in [0.15, 0.2) is 42.0 Å². The maximum Gasteiger partial charge on any atom is 0.341 e. The van der Waals surface area contributed by atoms with Gasteiger partial charge in [-0.1, -0.05) is 44.6 Å². The van der Waals surface area contributed by atoms with Crippen molar-refractivity contribution in [3.8, 4) is 11.5 Å². The lowest BCUT2D eigenvalue weighted by Gasteiger charge is -2.28. The Bertz CT molecular complexity index is 1410. The second kappa shape index (κ2) is 11.1. The summed E-state index contributed by atoms with van der Waals surface area (Å²) in [4.78, 5) is 23.2. The van der Waals surface area contributed by atoms with Crippen LogP contribution in [0.4, 0.5) is 0 Å². The molecule has 1 N–H and O–H groups in total. The summed E-state index contributed by atoms with van der Waals surface area (Å²) in [5.41, 5.74) is 3.69. The molecule has 2 saturated carbocycles. The average molecular weight is 549 g/mol. The number of rotatable bonds is 5. The summed E-state index contributed by atoms with van der Waals surface area (Å²) in [7, 11) is 0. The highest BCUT2D eigenvalue weighted by molar-refractivity contribution is 7.00. The number of aldehydes is 1. The van der Waals surface area contributed by atoms with Gasteiger partial charge in [-0.3, -0.25) is 0 Å². The van der Waals surface area contributed by atoms with Crippen molar-refractivity contribution in [3.63, 3.8) is 0 Å². The van der Waals surface area contributed by atoms with Crippen LogP contribution in [0.3, 0.4) is 0 Å². The van der Waals surface area contributed by atoms with E-state index < -0.39 is 11.8 Å². The Hall–Kier alpha value is -3.30. The maximum absolute atomic E-state index is 13.2. The summed E-state index contributed by atoms with van der Waals surface area (Å²) in [6.07, 6.45) is 11.0. The number of ether oxygens (including phenoxy) is 3. The molecule has 0 radical (unpaired) electrons. The standard InChI is InChI=1S/C24H22N2O5S.C6H10O/c27-23-22(15-5-7-18-19(12-15)26-32-25-18)17(11-14-3-1-2-4-14)24(28,31-23)16-6-8-20-21(13-16)30-10-9-29-20;7-5-6-3-1-2-4-6/h5-8,12-14,28H,1-4,9-11H2;5-6H,1-4H2. The molecule has 1 unspecified atom stereocenters. The Kier molecular flexibility index (Phi) is 7.36. The van der Waals surface area contributed by atoms with Gasteiger partial charge in [-0.15, -0.1) is 0 Å². The van der Waals surface area contributed by atoms with Crippen molar-refractivity contribution in [1.29, 1.82) is 0 Å². The third-order valence-corrected chi connectivity index (χ3v) is 8.75. The Morgan fingerprint density at radius 2 is 1.64 bits per heavy atom. The van der Waals surface area contributed by atoms with Gasteiger partial charge in [0.05, 0.1) is 17.3 Å². The third kappa shape index (κ3) is 5.17. The molecular weight excluding hydrogens is 516 g/mol. The molecule has 8 nitrogen and oxygen atoms in total. The fourth-order valence-corrected chi connectivity index (χ4v) is 6.61.